The third kappa shape index (κ3) is 1.73. The molecule has 13 heavy (non-hydrogen) atoms. The van der Waals surface area contributed by atoms with Crippen molar-refractivity contribution in [1.82, 2.24) is 5.32 Å². The number of halogens is 1. The monoisotopic (exact) mass is 211 g/mol. The first kappa shape index (κ1) is 9.08. The van der Waals surface area contributed by atoms with Gasteiger partial charge in [0.05, 0.1) is 10.9 Å². The van der Waals surface area contributed by atoms with Crippen LogP contribution in [0.25, 0.3) is 0 Å². The van der Waals surface area contributed by atoms with Crippen molar-refractivity contribution in [2.45, 2.75) is 18.9 Å². The minimum atomic E-state index is 0.426. The van der Waals surface area contributed by atoms with Gasteiger partial charge in [0.15, 0.2) is 0 Å². The van der Waals surface area contributed by atoms with E-state index in [1.54, 1.807) is 11.3 Å². The van der Waals surface area contributed by atoms with Crippen LogP contribution < -0.4 is 5.32 Å². The maximum absolute atomic E-state index is 5.93. The van der Waals surface area contributed by atoms with Crippen molar-refractivity contribution >= 4 is 22.9 Å². The molecular formula is C10H10ClNS. The number of nitrogens with one attached hydrogen (secondary N) is 1. The minimum Gasteiger partial charge on any atom is -0.299 e. The number of hydrogen-bond donors (Lipinski definition) is 1. The van der Waals surface area contributed by atoms with Gasteiger partial charge in [-0.2, -0.15) is 0 Å². The normalized spacial score (nSPS) is 19.8. The van der Waals surface area contributed by atoms with Crippen LogP contribution in [0.1, 0.15) is 22.9 Å². The number of thiophene rings is 1. The van der Waals surface area contributed by atoms with E-state index >= 15 is 0 Å². The molecule has 0 aromatic carbocycles. The molecule has 1 aliphatic carbocycles. The van der Waals surface area contributed by atoms with Gasteiger partial charge in [-0.1, -0.05) is 17.5 Å². The Bertz CT molecular complexity index is 350. The van der Waals surface area contributed by atoms with E-state index in [0.29, 0.717) is 12.6 Å². The van der Waals surface area contributed by atoms with Crippen LogP contribution >= 0.6 is 22.9 Å². The summed E-state index contributed by atoms with van der Waals surface area (Å²) in [7, 11) is 0. The maximum Gasteiger partial charge on any atom is 0.0934 e. The molecule has 0 saturated carbocycles. The van der Waals surface area contributed by atoms with Crippen molar-refractivity contribution in [1.29, 1.82) is 0 Å². The number of aryl methyl sites for hydroxylation is 1. The average Bonchev–Trinajstić information content (AvgIpc) is 2.61. The molecule has 0 bridgehead atoms. The molecule has 1 unspecified atom stereocenters. The Kier molecular flexibility index (Phi) is 2.59. The Balaban J connectivity index is 2.14. The van der Waals surface area contributed by atoms with E-state index in [2.05, 4.69) is 17.3 Å². The van der Waals surface area contributed by atoms with Gasteiger partial charge >= 0.3 is 0 Å². The molecule has 3 heteroatoms. The fourth-order valence-corrected chi connectivity index (χ4v) is 3.08. The lowest BCUT2D eigenvalue weighted by Crippen LogP contribution is -2.18. The van der Waals surface area contributed by atoms with Crippen LogP contribution in [0.4, 0.5) is 0 Å². The number of terminal acetylenes is 1. The third-order valence-electron chi connectivity index (χ3n) is 2.30. The van der Waals surface area contributed by atoms with Crippen LogP contribution in [-0.4, -0.2) is 6.54 Å². The number of hydrogen-bond acceptors (Lipinski definition) is 2. The highest BCUT2D eigenvalue weighted by Crippen LogP contribution is 2.39. The van der Waals surface area contributed by atoms with Gasteiger partial charge in [0.1, 0.15) is 0 Å². The molecule has 1 N–H and O–H groups in total. The van der Waals surface area contributed by atoms with Crippen LogP contribution in [0.5, 0.6) is 0 Å². The Hall–Kier alpha value is -0.490. The molecule has 0 amide bonds. The SMILES string of the molecule is C#CCNC1CCc2sc(Cl)cc21. The summed E-state index contributed by atoms with van der Waals surface area (Å²) in [5.41, 5.74) is 1.35. The molecule has 1 heterocycles. The molecule has 2 rings (SSSR count). The summed E-state index contributed by atoms with van der Waals surface area (Å²) in [5, 5.41) is 3.31. The van der Waals surface area contributed by atoms with Crippen LogP contribution in [0.15, 0.2) is 6.07 Å². The second kappa shape index (κ2) is 3.71. The van der Waals surface area contributed by atoms with E-state index in [9.17, 15) is 0 Å². The lowest BCUT2D eigenvalue weighted by molar-refractivity contribution is 0.568. The largest absolute Gasteiger partial charge is 0.299 e. The first-order valence-corrected chi connectivity index (χ1v) is 5.45. The molecule has 1 atom stereocenters. The van der Waals surface area contributed by atoms with Crippen molar-refractivity contribution < 1.29 is 0 Å². The second-order valence-corrected chi connectivity index (χ2v) is 4.87. The predicted octanol–water partition coefficient (Wildman–Crippen LogP) is 2.61. The van der Waals surface area contributed by atoms with Crippen molar-refractivity contribution in [3.8, 4) is 12.3 Å². The highest BCUT2D eigenvalue weighted by molar-refractivity contribution is 7.16. The summed E-state index contributed by atoms with van der Waals surface area (Å²) in [5.74, 6) is 2.59. The van der Waals surface area contributed by atoms with Crippen LogP contribution in [-0.2, 0) is 6.42 Å². The fourth-order valence-electron chi connectivity index (χ4n) is 1.72. The maximum atomic E-state index is 5.93. The molecule has 0 spiro atoms. The zero-order valence-corrected chi connectivity index (χ0v) is 8.71. The molecule has 68 valence electrons. The van der Waals surface area contributed by atoms with Gasteiger partial charge in [-0.3, -0.25) is 5.32 Å². The van der Waals surface area contributed by atoms with E-state index in [-0.39, 0.29) is 0 Å². The van der Waals surface area contributed by atoms with E-state index in [0.717, 1.165) is 17.2 Å². The van der Waals surface area contributed by atoms with Crippen molar-refractivity contribution in [2.24, 2.45) is 0 Å². The topological polar surface area (TPSA) is 12.0 Å². The lowest BCUT2D eigenvalue weighted by Gasteiger charge is -2.09. The summed E-state index contributed by atoms with van der Waals surface area (Å²) in [6.45, 7) is 0.636. The van der Waals surface area contributed by atoms with Crippen LogP contribution in [0, 0.1) is 12.3 Å². The van der Waals surface area contributed by atoms with Gasteiger partial charge in [0, 0.05) is 10.9 Å². The molecule has 1 nitrogen and oxygen atoms in total. The van der Waals surface area contributed by atoms with Gasteiger partial charge in [0.2, 0.25) is 0 Å². The molecular weight excluding hydrogens is 202 g/mol. The van der Waals surface area contributed by atoms with E-state index in [4.69, 9.17) is 18.0 Å². The van der Waals surface area contributed by atoms with Gasteiger partial charge < -0.3 is 0 Å². The van der Waals surface area contributed by atoms with Crippen LogP contribution in [0.3, 0.4) is 0 Å². The Morgan fingerprint density at radius 3 is 3.38 bits per heavy atom. The zero-order valence-electron chi connectivity index (χ0n) is 7.14. The number of rotatable bonds is 2. The molecule has 0 radical (unpaired) electrons. The van der Waals surface area contributed by atoms with Crippen LogP contribution in [0.2, 0.25) is 4.34 Å². The summed E-state index contributed by atoms with van der Waals surface area (Å²) in [6.07, 6.45) is 7.48. The Labute approximate surface area is 87.1 Å². The van der Waals surface area contributed by atoms with Crippen molar-refractivity contribution in [3.63, 3.8) is 0 Å². The van der Waals surface area contributed by atoms with E-state index in [1.807, 2.05) is 0 Å². The Morgan fingerprint density at radius 2 is 2.62 bits per heavy atom. The summed E-state index contributed by atoms with van der Waals surface area (Å²) in [4.78, 5) is 1.42. The van der Waals surface area contributed by atoms with Gasteiger partial charge in [-0.15, -0.1) is 17.8 Å². The van der Waals surface area contributed by atoms with Gasteiger partial charge in [-0.25, -0.2) is 0 Å². The average molecular weight is 212 g/mol. The summed E-state index contributed by atoms with van der Waals surface area (Å²) in [6, 6.07) is 2.48. The first-order chi connectivity index (χ1) is 6.31. The van der Waals surface area contributed by atoms with Crippen molar-refractivity contribution in [3.05, 3.63) is 20.8 Å². The summed E-state index contributed by atoms with van der Waals surface area (Å²) >= 11 is 7.62. The number of fused-ring (bicyclic) bond motifs is 1. The van der Waals surface area contributed by atoms with E-state index < -0.39 is 0 Å². The Morgan fingerprint density at radius 1 is 1.77 bits per heavy atom. The second-order valence-electron chi connectivity index (χ2n) is 3.11. The highest BCUT2D eigenvalue weighted by atomic mass is 35.5. The molecule has 1 aromatic heterocycles. The van der Waals surface area contributed by atoms with Crippen molar-refractivity contribution in [2.75, 3.05) is 6.54 Å². The zero-order chi connectivity index (χ0) is 9.26. The van der Waals surface area contributed by atoms with Gasteiger partial charge in [0.25, 0.3) is 0 Å². The summed E-state index contributed by atoms with van der Waals surface area (Å²) < 4.78 is 0.886. The van der Waals surface area contributed by atoms with Gasteiger partial charge in [-0.05, 0) is 24.5 Å². The molecule has 0 fully saturated rings. The third-order valence-corrected chi connectivity index (χ3v) is 3.64. The molecule has 0 aliphatic heterocycles. The van der Waals surface area contributed by atoms with E-state index in [1.165, 1.54) is 10.4 Å². The first-order valence-electron chi connectivity index (χ1n) is 4.26. The predicted molar refractivity (Wildman–Crippen MR) is 57.2 cm³/mol. The fraction of sp³-hybridized carbons (Fsp3) is 0.400. The molecule has 1 aliphatic rings. The highest BCUT2D eigenvalue weighted by Gasteiger charge is 2.23. The quantitative estimate of drug-likeness (QED) is 0.742. The smallest absolute Gasteiger partial charge is 0.0934 e. The minimum absolute atomic E-state index is 0.426. The molecule has 1 aromatic rings. The molecule has 0 saturated heterocycles. The lowest BCUT2D eigenvalue weighted by atomic mass is 10.2. The standard InChI is InChI=1S/C10H10ClNS/c1-2-5-12-8-3-4-9-7(8)6-10(11)13-9/h1,6,8,12H,3-5H2.